The highest BCUT2D eigenvalue weighted by molar-refractivity contribution is 7.10. The van der Waals surface area contributed by atoms with Crippen LogP contribution in [0.3, 0.4) is 0 Å². The van der Waals surface area contributed by atoms with Gasteiger partial charge in [0.1, 0.15) is 5.60 Å². The average molecular weight is 400 g/mol. The Hall–Kier alpha value is -1.76. The summed E-state index contributed by atoms with van der Waals surface area (Å²) in [4.78, 5) is 20.8. The number of nitrogens with zero attached hydrogens (tertiary/aromatic N) is 2. The standard InChI is InChI=1S/C22H29N3O2S/c1-17-6-4-10-23-19(17)15-25-11-12-27-22(16-25)9-3-2-8-20(22)24-21(26)14-18-7-5-13-28-18/h4-7,10,13,20H,2-3,8-9,11-12,14-16H2,1H3,(H,24,26)/t20-,22+/m1/s1. The summed E-state index contributed by atoms with van der Waals surface area (Å²) < 4.78 is 6.38. The van der Waals surface area contributed by atoms with Crippen LogP contribution in [0.4, 0.5) is 0 Å². The molecular weight excluding hydrogens is 370 g/mol. The predicted octanol–water partition coefficient (Wildman–Crippen LogP) is 3.32. The first-order valence-electron chi connectivity index (χ1n) is 10.2. The number of aromatic nitrogens is 1. The molecule has 0 aromatic carbocycles. The molecule has 5 nitrogen and oxygen atoms in total. The molecule has 150 valence electrons. The maximum atomic E-state index is 12.6. The van der Waals surface area contributed by atoms with E-state index >= 15 is 0 Å². The number of morpholine rings is 1. The largest absolute Gasteiger partial charge is 0.370 e. The fraction of sp³-hybridized carbons (Fsp3) is 0.545. The smallest absolute Gasteiger partial charge is 0.225 e. The molecule has 1 aliphatic carbocycles. The van der Waals surface area contributed by atoms with Crippen LogP contribution in [0.25, 0.3) is 0 Å². The second kappa shape index (κ2) is 8.72. The molecule has 2 aromatic rings. The summed E-state index contributed by atoms with van der Waals surface area (Å²) in [7, 11) is 0. The van der Waals surface area contributed by atoms with Crippen LogP contribution in [0.5, 0.6) is 0 Å². The highest BCUT2D eigenvalue weighted by Gasteiger charge is 2.45. The van der Waals surface area contributed by atoms with Crippen LogP contribution < -0.4 is 5.32 Å². The Morgan fingerprint density at radius 1 is 1.39 bits per heavy atom. The Morgan fingerprint density at radius 3 is 3.14 bits per heavy atom. The molecule has 1 saturated carbocycles. The van der Waals surface area contributed by atoms with Gasteiger partial charge >= 0.3 is 0 Å². The van der Waals surface area contributed by atoms with Gasteiger partial charge < -0.3 is 10.1 Å². The summed E-state index contributed by atoms with van der Waals surface area (Å²) >= 11 is 1.64. The molecule has 0 radical (unpaired) electrons. The van der Waals surface area contributed by atoms with Crippen LogP contribution in [0.1, 0.15) is 41.8 Å². The zero-order valence-corrected chi connectivity index (χ0v) is 17.3. The monoisotopic (exact) mass is 399 g/mol. The van der Waals surface area contributed by atoms with E-state index in [0.717, 1.165) is 55.9 Å². The van der Waals surface area contributed by atoms with E-state index in [2.05, 4.69) is 28.2 Å². The summed E-state index contributed by atoms with van der Waals surface area (Å²) in [6.45, 7) is 5.43. The zero-order valence-electron chi connectivity index (χ0n) is 16.5. The van der Waals surface area contributed by atoms with Crippen molar-refractivity contribution in [1.82, 2.24) is 15.2 Å². The molecule has 2 atom stereocenters. The first kappa shape index (κ1) is 19.6. The molecular formula is C22H29N3O2S. The Labute approximate surface area is 171 Å². The number of amides is 1. The quantitative estimate of drug-likeness (QED) is 0.838. The maximum absolute atomic E-state index is 12.6. The lowest BCUT2D eigenvalue weighted by atomic mass is 9.78. The van der Waals surface area contributed by atoms with E-state index < -0.39 is 0 Å². The van der Waals surface area contributed by atoms with Crippen LogP contribution >= 0.6 is 11.3 Å². The molecule has 0 unspecified atom stereocenters. The van der Waals surface area contributed by atoms with Crippen LogP contribution in [0.2, 0.25) is 0 Å². The van der Waals surface area contributed by atoms with E-state index in [9.17, 15) is 4.79 Å². The lowest BCUT2D eigenvalue weighted by Crippen LogP contribution is -2.64. The van der Waals surface area contributed by atoms with Gasteiger partial charge in [0.15, 0.2) is 0 Å². The van der Waals surface area contributed by atoms with Crippen molar-refractivity contribution in [3.8, 4) is 0 Å². The molecule has 1 N–H and O–H groups in total. The number of thiophene rings is 1. The number of hydrogen-bond donors (Lipinski definition) is 1. The van der Waals surface area contributed by atoms with Crippen LogP contribution in [-0.4, -0.2) is 47.1 Å². The van der Waals surface area contributed by atoms with E-state index in [0.29, 0.717) is 13.0 Å². The molecule has 2 aromatic heterocycles. The second-order valence-electron chi connectivity index (χ2n) is 8.01. The van der Waals surface area contributed by atoms with Crippen molar-refractivity contribution in [1.29, 1.82) is 0 Å². The molecule has 28 heavy (non-hydrogen) atoms. The normalized spacial score (nSPS) is 25.7. The first-order chi connectivity index (χ1) is 13.6. The third kappa shape index (κ3) is 4.45. The lowest BCUT2D eigenvalue weighted by Gasteiger charge is -2.49. The number of carbonyl (C=O) groups excluding carboxylic acids is 1. The molecule has 1 amide bonds. The number of hydrogen-bond acceptors (Lipinski definition) is 5. The van der Waals surface area contributed by atoms with E-state index in [4.69, 9.17) is 4.74 Å². The van der Waals surface area contributed by atoms with Gasteiger partial charge in [0, 0.05) is 30.7 Å². The van der Waals surface area contributed by atoms with E-state index in [1.807, 2.05) is 29.8 Å². The third-order valence-corrected chi connectivity index (χ3v) is 6.88. The summed E-state index contributed by atoms with van der Waals surface area (Å²) in [6.07, 6.45) is 6.64. The van der Waals surface area contributed by atoms with Crippen molar-refractivity contribution in [2.45, 2.75) is 57.2 Å². The number of pyridine rings is 1. The van der Waals surface area contributed by atoms with Gasteiger partial charge in [0.25, 0.3) is 0 Å². The number of ether oxygens (including phenoxy) is 1. The van der Waals surface area contributed by atoms with E-state index in [-0.39, 0.29) is 17.6 Å². The Balaban J connectivity index is 1.44. The molecule has 1 aliphatic heterocycles. The van der Waals surface area contributed by atoms with Crippen molar-refractivity contribution in [3.63, 3.8) is 0 Å². The van der Waals surface area contributed by atoms with E-state index in [1.54, 1.807) is 11.3 Å². The van der Waals surface area contributed by atoms with Crippen LogP contribution in [0, 0.1) is 6.92 Å². The molecule has 4 rings (SSSR count). The zero-order chi connectivity index (χ0) is 19.4. The van der Waals surface area contributed by atoms with Gasteiger partial charge in [-0.15, -0.1) is 11.3 Å². The van der Waals surface area contributed by atoms with Gasteiger partial charge in [-0.2, -0.15) is 0 Å². The minimum Gasteiger partial charge on any atom is -0.370 e. The van der Waals surface area contributed by atoms with Gasteiger partial charge in [-0.05, 0) is 42.8 Å². The van der Waals surface area contributed by atoms with Gasteiger partial charge in [0.05, 0.1) is 24.8 Å². The topological polar surface area (TPSA) is 54.5 Å². The van der Waals surface area contributed by atoms with Gasteiger partial charge in [-0.3, -0.25) is 14.7 Å². The molecule has 6 heteroatoms. The Bertz CT molecular complexity index is 791. The number of rotatable bonds is 5. The van der Waals surface area contributed by atoms with Gasteiger partial charge in [-0.1, -0.05) is 25.0 Å². The number of aryl methyl sites for hydroxylation is 1. The van der Waals surface area contributed by atoms with Crippen molar-refractivity contribution in [3.05, 3.63) is 52.0 Å². The molecule has 0 bridgehead atoms. The second-order valence-corrected chi connectivity index (χ2v) is 9.05. The fourth-order valence-corrected chi connectivity index (χ4v) is 5.21. The van der Waals surface area contributed by atoms with Crippen molar-refractivity contribution in [2.24, 2.45) is 0 Å². The SMILES string of the molecule is Cc1cccnc1CN1CCO[C@@]2(CCCC[C@H]2NC(=O)Cc2cccs2)C1. The van der Waals surface area contributed by atoms with Crippen LogP contribution in [0.15, 0.2) is 35.8 Å². The number of carbonyl (C=O) groups is 1. The van der Waals surface area contributed by atoms with E-state index in [1.165, 1.54) is 5.56 Å². The fourth-order valence-electron chi connectivity index (χ4n) is 4.50. The van der Waals surface area contributed by atoms with Crippen LogP contribution in [-0.2, 0) is 22.5 Å². The molecule has 1 spiro atoms. The lowest BCUT2D eigenvalue weighted by molar-refractivity contribution is -0.151. The highest BCUT2D eigenvalue weighted by Crippen LogP contribution is 2.35. The third-order valence-electron chi connectivity index (χ3n) is 6.01. The van der Waals surface area contributed by atoms with Crippen molar-refractivity contribution < 1.29 is 9.53 Å². The predicted molar refractivity (Wildman–Crippen MR) is 111 cm³/mol. The summed E-state index contributed by atoms with van der Waals surface area (Å²) in [5.41, 5.74) is 2.09. The Morgan fingerprint density at radius 2 is 2.32 bits per heavy atom. The summed E-state index contributed by atoms with van der Waals surface area (Å²) in [5.74, 6) is 0.106. The first-order valence-corrected chi connectivity index (χ1v) is 11.1. The highest BCUT2D eigenvalue weighted by atomic mass is 32.1. The van der Waals surface area contributed by atoms with Crippen molar-refractivity contribution >= 4 is 17.2 Å². The average Bonchev–Trinajstić information content (AvgIpc) is 3.19. The number of nitrogens with one attached hydrogen (secondary N) is 1. The summed E-state index contributed by atoms with van der Waals surface area (Å²) in [5, 5.41) is 5.33. The maximum Gasteiger partial charge on any atom is 0.225 e. The van der Waals surface area contributed by atoms with Crippen molar-refractivity contribution in [2.75, 3.05) is 19.7 Å². The molecule has 1 saturated heterocycles. The molecule has 2 fully saturated rings. The minimum absolute atomic E-state index is 0.0846. The Kier molecular flexibility index (Phi) is 6.09. The minimum atomic E-state index is -0.274. The molecule has 2 aliphatic rings. The van der Waals surface area contributed by atoms with Gasteiger partial charge in [0.2, 0.25) is 5.91 Å². The summed E-state index contributed by atoms with van der Waals surface area (Å²) in [6, 6.07) is 8.21. The van der Waals surface area contributed by atoms with Gasteiger partial charge in [-0.25, -0.2) is 0 Å². The molecule has 3 heterocycles.